The van der Waals surface area contributed by atoms with Crippen LogP contribution in [0.5, 0.6) is 0 Å². The molecule has 0 aliphatic heterocycles. The largest absolute Gasteiger partial charge is 0.261 e. The van der Waals surface area contributed by atoms with Crippen LogP contribution in [0.3, 0.4) is 0 Å². The topological polar surface area (TPSA) is 12.9 Å². The minimum Gasteiger partial charge on any atom is -0.261 e. The van der Waals surface area contributed by atoms with Crippen molar-refractivity contribution in [2.75, 3.05) is 0 Å². The fraction of sp³-hybridized carbons (Fsp3) is 0.364. The number of hydrogen-bond donors (Lipinski definition) is 0. The summed E-state index contributed by atoms with van der Waals surface area (Å²) in [7, 11) is 0. The molecule has 1 aromatic rings. The smallest absolute Gasteiger partial charge is 0.0435 e. The van der Waals surface area contributed by atoms with Gasteiger partial charge in [-0.05, 0) is 30.5 Å². The molecule has 0 aliphatic rings. The molecule has 1 nitrogen and oxygen atoms in total. The highest BCUT2D eigenvalue weighted by Gasteiger charge is 2.01. The third kappa shape index (κ3) is 1.94. The van der Waals surface area contributed by atoms with Gasteiger partial charge in [0.25, 0.3) is 0 Å². The summed E-state index contributed by atoms with van der Waals surface area (Å²) in [6.45, 7) is 10.2. The molecule has 0 amide bonds. The quantitative estimate of drug-likeness (QED) is 0.649. The van der Waals surface area contributed by atoms with E-state index in [9.17, 15) is 0 Å². The predicted octanol–water partition coefficient (Wildman–Crippen LogP) is 3.24. The van der Waals surface area contributed by atoms with Gasteiger partial charge in [0.15, 0.2) is 0 Å². The van der Waals surface area contributed by atoms with Crippen molar-refractivity contribution in [2.45, 2.75) is 26.7 Å². The van der Waals surface area contributed by atoms with E-state index in [0.717, 1.165) is 11.3 Å². The first kappa shape index (κ1) is 8.98. The molecular weight excluding hydrogens is 146 g/mol. The van der Waals surface area contributed by atoms with Gasteiger partial charge in [0, 0.05) is 11.9 Å². The van der Waals surface area contributed by atoms with Crippen LogP contribution in [-0.2, 0) is 0 Å². The van der Waals surface area contributed by atoms with Gasteiger partial charge >= 0.3 is 0 Å². The minimum absolute atomic E-state index is 0.490. The van der Waals surface area contributed by atoms with Crippen LogP contribution in [-0.4, -0.2) is 4.98 Å². The van der Waals surface area contributed by atoms with E-state index in [2.05, 4.69) is 31.5 Å². The van der Waals surface area contributed by atoms with Crippen molar-refractivity contribution in [2.24, 2.45) is 0 Å². The fourth-order valence-electron chi connectivity index (χ4n) is 1.03. The van der Waals surface area contributed by atoms with Gasteiger partial charge in [0.2, 0.25) is 0 Å². The zero-order chi connectivity index (χ0) is 9.14. The summed E-state index contributed by atoms with van der Waals surface area (Å²) in [5.74, 6) is 0.490. The lowest BCUT2D eigenvalue weighted by molar-refractivity contribution is 0.822. The van der Waals surface area contributed by atoms with Gasteiger partial charge in [0.05, 0.1) is 0 Å². The van der Waals surface area contributed by atoms with Gasteiger partial charge in [-0.2, -0.15) is 0 Å². The normalized spacial score (nSPS) is 10.3. The number of nitrogens with zero attached hydrogens (tertiary/aromatic N) is 1. The van der Waals surface area contributed by atoms with Gasteiger partial charge in [-0.3, -0.25) is 4.98 Å². The summed E-state index contributed by atoms with van der Waals surface area (Å²) in [4.78, 5) is 4.28. The van der Waals surface area contributed by atoms with Crippen LogP contribution in [0.2, 0.25) is 0 Å². The Balaban J connectivity index is 3.04. The molecule has 1 aromatic heterocycles. The van der Waals surface area contributed by atoms with E-state index >= 15 is 0 Å². The van der Waals surface area contributed by atoms with Gasteiger partial charge in [-0.15, -0.1) is 0 Å². The van der Waals surface area contributed by atoms with Crippen LogP contribution >= 0.6 is 0 Å². The van der Waals surface area contributed by atoms with Crippen molar-refractivity contribution >= 4 is 5.57 Å². The Morgan fingerprint density at radius 2 is 2.17 bits per heavy atom. The van der Waals surface area contributed by atoms with Crippen LogP contribution in [0, 0.1) is 0 Å². The summed E-state index contributed by atoms with van der Waals surface area (Å²) >= 11 is 0. The second-order valence-electron chi connectivity index (χ2n) is 3.40. The van der Waals surface area contributed by atoms with Gasteiger partial charge in [-0.1, -0.05) is 26.0 Å². The molecule has 12 heavy (non-hydrogen) atoms. The number of hydrogen-bond acceptors (Lipinski definition) is 1. The van der Waals surface area contributed by atoms with E-state index in [0.29, 0.717) is 5.92 Å². The van der Waals surface area contributed by atoms with Crippen LogP contribution < -0.4 is 0 Å². The van der Waals surface area contributed by atoms with E-state index in [1.165, 1.54) is 5.56 Å². The Bertz CT molecular complexity index is 287. The maximum Gasteiger partial charge on any atom is 0.0435 e. The zero-order valence-electron chi connectivity index (χ0n) is 7.96. The molecule has 0 N–H and O–H groups in total. The van der Waals surface area contributed by atoms with Crippen molar-refractivity contribution in [3.63, 3.8) is 0 Å². The lowest BCUT2D eigenvalue weighted by Gasteiger charge is -2.06. The Hall–Kier alpha value is -1.11. The average molecular weight is 161 g/mol. The summed E-state index contributed by atoms with van der Waals surface area (Å²) in [5, 5.41) is 0. The Kier molecular flexibility index (Phi) is 2.64. The van der Waals surface area contributed by atoms with E-state index in [4.69, 9.17) is 0 Å². The highest BCUT2D eigenvalue weighted by molar-refractivity contribution is 5.61. The molecule has 1 heteroatoms. The molecule has 0 fully saturated rings. The predicted molar refractivity (Wildman–Crippen MR) is 53.0 cm³/mol. The van der Waals surface area contributed by atoms with Gasteiger partial charge in [-0.25, -0.2) is 0 Å². The highest BCUT2D eigenvalue weighted by Crippen LogP contribution is 2.16. The van der Waals surface area contributed by atoms with Crippen LogP contribution in [0.4, 0.5) is 0 Å². The first-order valence-electron chi connectivity index (χ1n) is 4.23. The second kappa shape index (κ2) is 3.53. The van der Waals surface area contributed by atoms with Gasteiger partial charge in [0.1, 0.15) is 0 Å². The lowest BCUT2D eigenvalue weighted by atomic mass is 10.0. The summed E-state index contributed by atoms with van der Waals surface area (Å²) in [6, 6.07) is 4.10. The summed E-state index contributed by atoms with van der Waals surface area (Å²) < 4.78 is 0. The second-order valence-corrected chi connectivity index (χ2v) is 3.40. The van der Waals surface area contributed by atoms with Crippen molar-refractivity contribution in [3.05, 3.63) is 36.2 Å². The molecule has 1 heterocycles. The lowest BCUT2D eigenvalue weighted by Crippen LogP contribution is -1.92. The molecule has 0 radical (unpaired) electrons. The van der Waals surface area contributed by atoms with E-state index in [1.54, 1.807) is 0 Å². The van der Waals surface area contributed by atoms with Gasteiger partial charge < -0.3 is 0 Å². The number of allylic oxidation sites excluding steroid dienone is 1. The molecule has 0 aromatic carbocycles. The van der Waals surface area contributed by atoms with Crippen molar-refractivity contribution in [1.82, 2.24) is 4.98 Å². The van der Waals surface area contributed by atoms with Crippen molar-refractivity contribution < 1.29 is 0 Å². The molecule has 0 saturated carbocycles. The first-order valence-corrected chi connectivity index (χ1v) is 4.23. The highest BCUT2D eigenvalue weighted by atomic mass is 14.7. The number of rotatable bonds is 2. The summed E-state index contributed by atoms with van der Waals surface area (Å²) in [6.07, 6.45) is 1.85. The Labute approximate surface area is 74.2 Å². The monoisotopic (exact) mass is 161 g/mol. The molecular formula is C11H15N. The average Bonchev–Trinajstić information content (AvgIpc) is 2.04. The van der Waals surface area contributed by atoms with Crippen LogP contribution in [0.15, 0.2) is 24.9 Å². The maximum atomic E-state index is 4.28. The molecule has 0 aliphatic carbocycles. The molecule has 1 rings (SSSR count). The van der Waals surface area contributed by atoms with Crippen LogP contribution in [0.25, 0.3) is 5.57 Å². The SMILES string of the molecule is C=C(C)c1ccnc(C(C)C)c1. The van der Waals surface area contributed by atoms with Crippen molar-refractivity contribution in [1.29, 1.82) is 0 Å². The Morgan fingerprint density at radius 1 is 1.50 bits per heavy atom. The minimum atomic E-state index is 0.490. The third-order valence-corrected chi connectivity index (χ3v) is 1.87. The maximum absolute atomic E-state index is 4.28. The zero-order valence-corrected chi connectivity index (χ0v) is 7.96. The molecule has 0 bridgehead atoms. The number of aromatic nitrogens is 1. The molecule has 0 saturated heterocycles. The molecule has 0 spiro atoms. The molecule has 64 valence electrons. The van der Waals surface area contributed by atoms with E-state index in [1.807, 2.05) is 19.2 Å². The molecule has 0 atom stereocenters. The van der Waals surface area contributed by atoms with Crippen molar-refractivity contribution in [3.8, 4) is 0 Å². The molecule has 0 unspecified atom stereocenters. The standard InChI is InChI=1S/C11H15N/c1-8(2)10-5-6-12-11(7-10)9(3)4/h5-7,9H,1H2,2-4H3. The van der Waals surface area contributed by atoms with E-state index in [-0.39, 0.29) is 0 Å². The third-order valence-electron chi connectivity index (χ3n) is 1.87. The Morgan fingerprint density at radius 3 is 2.67 bits per heavy atom. The number of pyridine rings is 1. The first-order chi connectivity index (χ1) is 5.61. The van der Waals surface area contributed by atoms with Crippen LogP contribution in [0.1, 0.15) is 37.9 Å². The summed E-state index contributed by atoms with van der Waals surface area (Å²) in [5.41, 5.74) is 3.42. The fourth-order valence-corrected chi connectivity index (χ4v) is 1.03. The van der Waals surface area contributed by atoms with E-state index < -0.39 is 0 Å².